The van der Waals surface area contributed by atoms with Gasteiger partial charge in [-0.2, -0.15) is 5.26 Å². The van der Waals surface area contributed by atoms with Gasteiger partial charge in [-0.1, -0.05) is 30.0 Å². The number of amides is 2. The summed E-state index contributed by atoms with van der Waals surface area (Å²) in [5, 5.41) is 23.5. The predicted molar refractivity (Wildman–Crippen MR) is 93.8 cm³/mol. The third-order valence-electron chi connectivity index (χ3n) is 3.81. The van der Waals surface area contributed by atoms with Gasteiger partial charge in [-0.3, -0.25) is 24.5 Å². The number of ether oxygens (including phenoxy) is 1. The molecule has 11 heteroatoms. The SMILES string of the molecule is COC(=O)[C@@H]1C(=O)NC(SCC(N)=O)=C(C#N)[C@@H]1c1ccccc1[N+](=O)[O-]. The third-order valence-corrected chi connectivity index (χ3v) is 4.85. The number of allylic oxidation sites excluding steroid dienone is 1. The zero-order valence-electron chi connectivity index (χ0n) is 14.0. The molecule has 3 N–H and O–H groups in total. The normalized spacial score (nSPS) is 19.0. The van der Waals surface area contributed by atoms with Gasteiger partial charge >= 0.3 is 5.97 Å². The Morgan fingerprint density at radius 2 is 2.11 bits per heavy atom. The van der Waals surface area contributed by atoms with Crippen LogP contribution in [0.25, 0.3) is 0 Å². The number of nitro groups is 1. The van der Waals surface area contributed by atoms with Gasteiger partial charge in [-0.25, -0.2) is 0 Å². The van der Waals surface area contributed by atoms with Crippen LogP contribution in [0.3, 0.4) is 0 Å². The number of carbonyl (C=O) groups is 3. The van der Waals surface area contributed by atoms with Gasteiger partial charge in [0.05, 0.1) is 40.4 Å². The Morgan fingerprint density at radius 1 is 1.44 bits per heavy atom. The highest BCUT2D eigenvalue weighted by Crippen LogP contribution is 2.43. The molecule has 1 aliphatic rings. The molecule has 1 heterocycles. The van der Waals surface area contributed by atoms with E-state index in [2.05, 4.69) is 10.1 Å². The lowest BCUT2D eigenvalue weighted by molar-refractivity contribution is -0.385. The van der Waals surface area contributed by atoms with E-state index in [0.717, 1.165) is 18.9 Å². The molecule has 0 spiro atoms. The first-order valence-electron chi connectivity index (χ1n) is 7.49. The number of hydrogen-bond donors (Lipinski definition) is 2. The van der Waals surface area contributed by atoms with Crippen molar-refractivity contribution >= 4 is 35.2 Å². The predicted octanol–water partition coefficient (Wildman–Crippen LogP) is 0.551. The van der Waals surface area contributed by atoms with Gasteiger partial charge in [0.1, 0.15) is 5.92 Å². The lowest BCUT2D eigenvalue weighted by Crippen LogP contribution is -2.44. The zero-order valence-corrected chi connectivity index (χ0v) is 14.8. The fourth-order valence-corrected chi connectivity index (χ4v) is 3.50. The molecule has 27 heavy (non-hydrogen) atoms. The molecule has 0 saturated heterocycles. The topological polar surface area (TPSA) is 165 Å². The molecule has 0 aromatic heterocycles. The zero-order chi connectivity index (χ0) is 20.1. The van der Waals surface area contributed by atoms with Crippen LogP contribution in [0.2, 0.25) is 0 Å². The number of primary amides is 1. The van der Waals surface area contributed by atoms with Crippen LogP contribution in [-0.4, -0.2) is 35.6 Å². The summed E-state index contributed by atoms with van der Waals surface area (Å²) in [4.78, 5) is 46.5. The van der Waals surface area contributed by atoms with Crippen molar-refractivity contribution in [1.82, 2.24) is 5.32 Å². The van der Waals surface area contributed by atoms with Crippen molar-refractivity contribution in [3.8, 4) is 6.07 Å². The summed E-state index contributed by atoms with van der Waals surface area (Å²) in [6, 6.07) is 7.38. The summed E-state index contributed by atoms with van der Waals surface area (Å²) in [6.45, 7) is 0. The maximum Gasteiger partial charge on any atom is 0.319 e. The lowest BCUT2D eigenvalue weighted by Gasteiger charge is -2.30. The van der Waals surface area contributed by atoms with E-state index in [-0.39, 0.29) is 27.6 Å². The molecule has 140 valence electrons. The fourth-order valence-electron chi connectivity index (χ4n) is 2.72. The summed E-state index contributed by atoms with van der Waals surface area (Å²) < 4.78 is 4.66. The number of thioether (sulfide) groups is 1. The number of nitrogens with one attached hydrogen (secondary N) is 1. The van der Waals surface area contributed by atoms with Crippen molar-refractivity contribution < 1.29 is 24.0 Å². The van der Waals surface area contributed by atoms with E-state index in [1.165, 1.54) is 24.3 Å². The first kappa shape index (κ1) is 19.9. The molecule has 1 aromatic rings. The van der Waals surface area contributed by atoms with Crippen molar-refractivity contribution in [1.29, 1.82) is 5.26 Å². The van der Waals surface area contributed by atoms with Crippen molar-refractivity contribution in [2.45, 2.75) is 5.92 Å². The Morgan fingerprint density at radius 3 is 2.67 bits per heavy atom. The fraction of sp³-hybridized carbons (Fsp3) is 0.250. The van der Waals surface area contributed by atoms with Crippen molar-refractivity contribution in [3.63, 3.8) is 0 Å². The van der Waals surface area contributed by atoms with E-state index in [1.807, 2.05) is 6.07 Å². The second-order valence-electron chi connectivity index (χ2n) is 5.39. The van der Waals surface area contributed by atoms with Gasteiger partial charge in [0, 0.05) is 11.6 Å². The van der Waals surface area contributed by atoms with Crippen molar-refractivity contribution in [3.05, 3.63) is 50.5 Å². The molecule has 2 amide bonds. The molecule has 0 unspecified atom stereocenters. The minimum absolute atomic E-state index is 0.0153. The van der Waals surface area contributed by atoms with E-state index < -0.39 is 34.5 Å². The molecular formula is C16H14N4O6S. The number of carbonyl (C=O) groups excluding carboxylic acids is 3. The first-order chi connectivity index (χ1) is 12.8. The maximum atomic E-state index is 12.5. The number of nitriles is 1. The van der Waals surface area contributed by atoms with Gasteiger partial charge in [-0.05, 0) is 0 Å². The van der Waals surface area contributed by atoms with Crippen LogP contribution in [0, 0.1) is 27.4 Å². The number of esters is 1. The average Bonchev–Trinajstić information content (AvgIpc) is 2.64. The number of nitrogens with zero attached hydrogens (tertiary/aromatic N) is 2. The number of hydrogen-bond acceptors (Lipinski definition) is 8. The molecule has 1 aromatic carbocycles. The van der Waals surface area contributed by atoms with Crippen LogP contribution in [0.5, 0.6) is 0 Å². The van der Waals surface area contributed by atoms with E-state index in [0.29, 0.717) is 0 Å². The molecule has 0 fully saturated rings. The van der Waals surface area contributed by atoms with Crippen LogP contribution in [0.1, 0.15) is 11.5 Å². The molecular weight excluding hydrogens is 376 g/mol. The lowest BCUT2D eigenvalue weighted by atomic mass is 9.78. The largest absolute Gasteiger partial charge is 0.468 e. The smallest absolute Gasteiger partial charge is 0.319 e. The maximum absolute atomic E-state index is 12.5. The van der Waals surface area contributed by atoms with Crippen LogP contribution >= 0.6 is 11.8 Å². The van der Waals surface area contributed by atoms with Gasteiger partial charge in [0.2, 0.25) is 11.8 Å². The second kappa shape index (κ2) is 8.33. The van der Waals surface area contributed by atoms with Gasteiger partial charge in [0.25, 0.3) is 5.69 Å². The first-order valence-corrected chi connectivity index (χ1v) is 8.47. The monoisotopic (exact) mass is 390 g/mol. The Kier molecular flexibility index (Phi) is 6.15. The molecule has 0 aliphatic carbocycles. The number of nitro benzene ring substituents is 1. The average molecular weight is 390 g/mol. The molecule has 10 nitrogen and oxygen atoms in total. The van der Waals surface area contributed by atoms with Crippen molar-refractivity contribution in [2.75, 3.05) is 12.9 Å². The standard InChI is InChI=1S/C16H14N4O6S/c1-26-16(23)13-12(8-4-2-3-5-10(8)20(24)25)9(6-17)15(19-14(13)22)27-7-11(18)21/h2-5,12-13H,7H2,1H3,(H2,18,21)(H,19,22)/t12-,13-/m0/s1. The molecule has 2 rings (SSSR count). The highest BCUT2D eigenvalue weighted by atomic mass is 32.2. The third kappa shape index (κ3) is 4.06. The Labute approximate surface area is 157 Å². The summed E-state index contributed by atoms with van der Waals surface area (Å²) >= 11 is 0.805. The quantitative estimate of drug-likeness (QED) is 0.307. The number of nitrogens with two attached hydrogens (primary N) is 1. The van der Waals surface area contributed by atoms with Crippen LogP contribution in [-0.2, 0) is 19.1 Å². The van der Waals surface area contributed by atoms with Crippen LogP contribution < -0.4 is 11.1 Å². The van der Waals surface area contributed by atoms with Gasteiger partial charge in [0.15, 0.2) is 0 Å². The highest BCUT2D eigenvalue weighted by molar-refractivity contribution is 8.03. The Hall–Kier alpha value is -3.39. The van der Waals surface area contributed by atoms with E-state index in [4.69, 9.17) is 5.73 Å². The Balaban J connectivity index is 2.71. The van der Waals surface area contributed by atoms with Gasteiger partial charge in [-0.15, -0.1) is 0 Å². The number of benzene rings is 1. The Bertz CT molecular complexity index is 891. The minimum atomic E-state index is -1.50. The second-order valence-corrected chi connectivity index (χ2v) is 6.38. The van der Waals surface area contributed by atoms with Crippen molar-refractivity contribution in [2.24, 2.45) is 11.7 Å². The molecule has 0 saturated carbocycles. The summed E-state index contributed by atoms with van der Waals surface area (Å²) in [7, 11) is 1.07. The molecule has 0 radical (unpaired) electrons. The molecule has 0 bridgehead atoms. The summed E-state index contributed by atoms with van der Waals surface area (Å²) in [6.07, 6.45) is 0. The minimum Gasteiger partial charge on any atom is -0.468 e. The molecule has 2 atom stereocenters. The summed E-state index contributed by atoms with van der Waals surface area (Å²) in [5.74, 6) is -5.39. The van der Waals surface area contributed by atoms with E-state index >= 15 is 0 Å². The van der Waals surface area contributed by atoms with E-state index in [9.17, 15) is 29.8 Å². The van der Waals surface area contributed by atoms with Gasteiger partial charge < -0.3 is 15.8 Å². The number of rotatable bonds is 6. The summed E-state index contributed by atoms with van der Waals surface area (Å²) in [5.41, 5.74) is 4.67. The number of methoxy groups -OCH3 is 1. The van der Waals surface area contributed by atoms with Crippen LogP contribution in [0.15, 0.2) is 34.9 Å². The van der Waals surface area contributed by atoms with Crippen LogP contribution in [0.4, 0.5) is 5.69 Å². The number of para-hydroxylation sites is 1. The van der Waals surface area contributed by atoms with E-state index in [1.54, 1.807) is 0 Å². The molecule has 1 aliphatic heterocycles. The highest BCUT2D eigenvalue weighted by Gasteiger charge is 2.46.